The van der Waals surface area contributed by atoms with E-state index in [1.807, 2.05) is 6.92 Å². The van der Waals surface area contributed by atoms with Crippen molar-refractivity contribution in [2.45, 2.75) is 32.7 Å². The SMILES string of the molecule is CCC(NC(=O)c1c(C)coc1CC(=O)O)c1cccc([N+](=O)[O-])c1. The highest BCUT2D eigenvalue weighted by atomic mass is 16.6. The third kappa shape index (κ3) is 4.23. The largest absolute Gasteiger partial charge is 0.481 e. The molecule has 1 heterocycles. The molecule has 2 N–H and O–H groups in total. The van der Waals surface area contributed by atoms with Gasteiger partial charge in [-0.2, -0.15) is 0 Å². The van der Waals surface area contributed by atoms with E-state index in [1.165, 1.54) is 18.4 Å². The summed E-state index contributed by atoms with van der Waals surface area (Å²) in [4.78, 5) is 33.9. The number of hydrogen-bond acceptors (Lipinski definition) is 5. The normalized spacial score (nSPS) is 11.8. The van der Waals surface area contributed by atoms with Crippen molar-refractivity contribution < 1.29 is 24.0 Å². The molecule has 0 spiro atoms. The van der Waals surface area contributed by atoms with Gasteiger partial charge in [0.1, 0.15) is 12.2 Å². The Bertz CT molecular complexity index is 811. The Balaban J connectivity index is 2.26. The molecule has 0 fully saturated rings. The van der Waals surface area contributed by atoms with E-state index < -0.39 is 29.3 Å². The first-order valence-electron chi connectivity index (χ1n) is 7.67. The molecule has 8 heteroatoms. The molecule has 25 heavy (non-hydrogen) atoms. The highest BCUT2D eigenvalue weighted by molar-refractivity contribution is 5.97. The van der Waals surface area contributed by atoms with Crippen molar-refractivity contribution in [1.82, 2.24) is 5.32 Å². The first-order chi connectivity index (χ1) is 11.8. The molecule has 1 aromatic heterocycles. The molecule has 0 aliphatic carbocycles. The molecule has 1 atom stereocenters. The smallest absolute Gasteiger partial charge is 0.311 e. The number of carbonyl (C=O) groups excluding carboxylic acids is 1. The minimum absolute atomic E-state index is 0.0590. The van der Waals surface area contributed by atoms with Crippen LogP contribution in [-0.2, 0) is 11.2 Å². The predicted octanol–water partition coefficient (Wildman–Crippen LogP) is 3.00. The summed E-state index contributed by atoms with van der Waals surface area (Å²) in [5, 5.41) is 22.6. The van der Waals surface area contributed by atoms with E-state index in [0.29, 0.717) is 17.5 Å². The quantitative estimate of drug-likeness (QED) is 0.587. The fraction of sp³-hybridized carbons (Fsp3) is 0.294. The van der Waals surface area contributed by atoms with Crippen LogP contribution in [0.4, 0.5) is 5.69 Å². The van der Waals surface area contributed by atoms with Crippen LogP contribution in [0.15, 0.2) is 34.9 Å². The Kier molecular flexibility index (Phi) is 5.53. The van der Waals surface area contributed by atoms with Gasteiger partial charge in [0.2, 0.25) is 0 Å². The Hall–Kier alpha value is -3.16. The van der Waals surface area contributed by atoms with Crippen LogP contribution in [-0.4, -0.2) is 21.9 Å². The van der Waals surface area contributed by atoms with Gasteiger partial charge in [0, 0.05) is 17.7 Å². The number of nitrogens with one attached hydrogen (secondary N) is 1. The number of rotatable bonds is 7. The van der Waals surface area contributed by atoms with E-state index in [4.69, 9.17) is 9.52 Å². The molecule has 1 unspecified atom stereocenters. The lowest BCUT2D eigenvalue weighted by atomic mass is 10.0. The van der Waals surface area contributed by atoms with E-state index in [0.717, 1.165) is 0 Å². The second kappa shape index (κ2) is 7.61. The highest BCUT2D eigenvalue weighted by Gasteiger charge is 2.23. The predicted molar refractivity (Wildman–Crippen MR) is 88.4 cm³/mol. The number of nitro groups is 1. The van der Waals surface area contributed by atoms with Gasteiger partial charge in [0.15, 0.2) is 0 Å². The fourth-order valence-electron chi connectivity index (χ4n) is 2.58. The van der Waals surface area contributed by atoms with Crippen molar-refractivity contribution in [3.63, 3.8) is 0 Å². The van der Waals surface area contributed by atoms with Crippen LogP contribution >= 0.6 is 0 Å². The molecule has 1 aromatic carbocycles. The maximum Gasteiger partial charge on any atom is 0.311 e. The Labute approximate surface area is 143 Å². The lowest BCUT2D eigenvalue weighted by molar-refractivity contribution is -0.384. The van der Waals surface area contributed by atoms with Crippen LogP contribution in [0.2, 0.25) is 0 Å². The second-order valence-electron chi connectivity index (χ2n) is 5.57. The summed E-state index contributed by atoms with van der Waals surface area (Å²) in [5.41, 5.74) is 1.26. The molecule has 0 aliphatic rings. The van der Waals surface area contributed by atoms with Gasteiger partial charge >= 0.3 is 5.97 Å². The van der Waals surface area contributed by atoms with Gasteiger partial charge in [-0.3, -0.25) is 19.7 Å². The summed E-state index contributed by atoms with van der Waals surface area (Å²) in [5.74, 6) is -1.49. The summed E-state index contributed by atoms with van der Waals surface area (Å²) in [6.07, 6.45) is 1.45. The molecule has 1 amide bonds. The number of nitro benzene ring substituents is 1. The average molecular weight is 346 g/mol. The summed E-state index contributed by atoms with van der Waals surface area (Å²) >= 11 is 0. The molecule has 0 aliphatic heterocycles. The van der Waals surface area contributed by atoms with Gasteiger partial charge in [-0.25, -0.2) is 0 Å². The molecule has 132 valence electrons. The molecular formula is C17H18N2O6. The van der Waals surface area contributed by atoms with E-state index in [-0.39, 0.29) is 17.0 Å². The van der Waals surface area contributed by atoms with Gasteiger partial charge in [-0.15, -0.1) is 0 Å². The van der Waals surface area contributed by atoms with Gasteiger partial charge in [0.05, 0.1) is 22.8 Å². The Morgan fingerprint density at radius 2 is 2.12 bits per heavy atom. The number of non-ortho nitro benzene ring substituents is 1. The van der Waals surface area contributed by atoms with Crippen LogP contribution < -0.4 is 5.32 Å². The topological polar surface area (TPSA) is 123 Å². The number of carboxylic acids is 1. The lowest BCUT2D eigenvalue weighted by Crippen LogP contribution is -2.29. The maximum atomic E-state index is 12.6. The van der Waals surface area contributed by atoms with Gasteiger partial charge in [-0.05, 0) is 18.9 Å². The minimum Gasteiger partial charge on any atom is -0.481 e. The van der Waals surface area contributed by atoms with E-state index >= 15 is 0 Å². The summed E-state index contributed by atoms with van der Waals surface area (Å²) < 4.78 is 5.17. The van der Waals surface area contributed by atoms with Crippen molar-refractivity contribution in [2.24, 2.45) is 0 Å². The van der Waals surface area contributed by atoms with Crippen molar-refractivity contribution in [3.05, 3.63) is 63.1 Å². The minimum atomic E-state index is -1.10. The van der Waals surface area contributed by atoms with Crippen LogP contribution in [0.25, 0.3) is 0 Å². The lowest BCUT2D eigenvalue weighted by Gasteiger charge is -2.17. The molecule has 0 saturated heterocycles. The van der Waals surface area contributed by atoms with Crippen molar-refractivity contribution in [3.8, 4) is 0 Å². The van der Waals surface area contributed by atoms with Crippen molar-refractivity contribution in [2.75, 3.05) is 0 Å². The second-order valence-corrected chi connectivity index (χ2v) is 5.57. The van der Waals surface area contributed by atoms with Crippen LogP contribution in [0, 0.1) is 17.0 Å². The zero-order chi connectivity index (χ0) is 18.6. The van der Waals surface area contributed by atoms with Gasteiger partial charge in [0.25, 0.3) is 11.6 Å². The first-order valence-corrected chi connectivity index (χ1v) is 7.67. The number of amides is 1. The van der Waals surface area contributed by atoms with Crippen LogP contribution in [0.3, 0.4) is 0 Å². The zero-order valence-electron chi connectivity index (χ0n) is 13.8. The van der Waals surface area contributed by atoms with Crippen molar-refractivity contribution >= 4 is 17.6 Å². The summed E-state index contributed by atoms with van der Waals surface area (Å²) in [6, 6.07) is 5.60. The number of furan rings is 1. The number of hydrogen-bond donors (Lipinski definition) is 2. The van der Waals surface area contributed by atoms with Crippen LogP contribution in [0.5, 0.6) is 0 Å². The average Bonchev–Trinajstić information content (AvgIpc) is 2.92. The fourth-order valence-corrected chi connectivity index (χ4v) is 2.58. The monoisotopic (exact) mass is 346 g/mol. The first kappa shape index (κ1) is 18.2. The molecule has 0 saturated carbocycles. The molecule has 0 radical (unpaired) electrons. The molecule has 2 aromatic rings. The van der Waals surface area contributed by atoms with E-state index in [1.54, 1.807) is 19.1 Å². The number of aryl methyl sites for hydroxylation is 1. The molecule has 0 bridgehead atoms. The van der Waals surface area contributed by atoms with Crippen LogP contribution in [0.1, 0.15) is 46.6 Å². The Morgan fingerprint density at radius 1 is 1.40 bits per heavy atom. The standard InChI is InChI=1S/C17H18N2O6/c1-3-13(11-5-4-6-12(7-11)19(23)24)18-17(22)16-10(2)9-25-14(16)8-15(20)21/h4-7,9,13H,3,8H2,1-2H3,(H,18,22)(H,20,21). The number of benzene rings is 1. The maximum absolute atomic E-state index is 12.6. The number of nitrogens with zero attached hydrogens (tertiary/aromatic N) is 1. The summed E-state index contributed by atoms with van der Waals surface area (Å²) in [7, 11) is 0. The molecule has 8 nitrogen and oxygen atoms in total. The molecule has 2 rings (SSSR count). The third-order valence-electron chi connectivity index (χ3n) is 3.79. The van der Waals surface area contributed by atoms with E-state index in [9.17, 15) is 19.7 Å². The number of carboxylic acid groups (broad SMARTS) is 1. The van der Waals surface area contributed by atoms with Gasteiger partial charge in [-0.1, -0.05) is 19.1 Å². The number of carbonyl (C=O) groups is 2. The third-order valence-corrected chi connectivity index (χ3v) is 3.79. The zero-order valence-corrected chi connectivity index (χ0v) is 13.8. The van der Waals surface area contributed by atoms with Gasteiger partial charge < -0.3 is 14.8 Å². The van der Waals surface area contributed by atoms with Crippen molar-refractivity contribution in [1.29, 1.82) is 0 Å². The number of aliphatic carboxylic acids is 1. The summed E-state index contributed by atoms with van der Waals surface area (Å²) in [6.45, 7) is 3.49. The van der Waals surface area contributed by atoms with E-state index in [2.05, 4.69) is 5.32 Å². The highest BCUT2D eigenvalue weighted by Crippen LogP contribution is 2.24. The Morgan fingerprint density at radius 3 is 2.72 bits per heavy atom. The molecular weight excluding hydrogens is 328 g/mol.